The number of hydrogen-bond acceptors (Lipinski definition) is 6. The van der Waals surface area contributed by atoms with Gasteiger partial charge < -0.3 is 9.09 Å². The minimum atomic E-state index is -3.43. The molecular weight excluding hydrogens is 352 g/mol. The normalized spacial score (nSPS) is 13.9. The molecular formula is C18H30N4O3S. The van der Waals surface area contributed by atoms with Crippen LogP contribution in [0.5, 0.6) is 0 Å². The summed E-state index contributed by atoms with van der Waals surface area (Å²) in [6, 6.07) is 1.89. The van der Waals surface area contributed by atoms with Gasteiger partial charge in [-0.15, -0.1) is 0 Å². The van der Waals surface area contributed by atoms with Gasteiger partial charge in [-0.05, 0) is 40.2 Å². The van der Waals surface area contributed by atoms with Gasteiger partial charge in [-0.1, -0.05) is 19.0 Å². The van der Waals surface area contributed by atoms with Crippen molar-refractivity contribution in [1.82, 2.24) is 19.6 Å². The van der Waals surface area contributed by atoms with E-state index in [2.05, 4.69) is 28.9 Å². The number of sulfone groups is 1. The van der Waals surface area contributed by atoms with Gasteiger partial charge in [0.05, 0.1) is 23.2 Å². The maximum absolute atomic E-state index is 12.7. The molecule has 8 heteroatoms. The van der Waals surface area contributed by atoms with E-state index in [1.807, 2.05) is 24.6 Å². The molecule has 1 unspecified atom stereocenters. The van der Waals surface area contributed by atoms with Crippen LogP contribution in [0.4, 0.5) is 0 Å². The Morgan fingerprint density at radius 1 is 1.23 bits per heavy atom. The molecule has 7 nitrogen and oxygen atoms in total. The Kier molecular flexibility index (Phi) is 6.63. The minimum Gasteiger partial charge on any atom is -0.364 e. The summed E-state index contributed by atoms with van der Waals surface area (Å²) in [5.74, 6) is 0.478. The quantitative estimate of drug-likeness (QED) is 0.662. The Morgan fingerprint density at radius 3 is 2.46 bits per heavy atom. The fourth-order valence-corrected chi connectivity index (χ4v) is 3.78. The van der Waals surface area contributed by atoms with Gasteiger partial charge in [-0.2, -0.15) is 0 Å². The van der Waals surface area contributed by atoms with Gasteiger partial charge in [-0.3, -0.25) is 4.90 Å². The molecule has 2 rings (SSSR count). The summed E-state index contributed by atoms with van der Waals surface area (Å²) >= 11 is 0. The molecule has 0 bridgehead atoms. The van der Waals surface area contributed by atoms with Crippen LogP contribution >= 0.6 is 0 Å². The molecule has 26 heavy (non-hydrogen) atoms. The molecule has 0 radical (unpaired) electrons. The van der Waals surface area contributed by atoms with Crippen LogP contribution in [0.25, 0.3) is 0 Å². The zero-order chi connectivity index (χ0) is 19.5. The van der Waals surface area contributed by atoms with Gasteiger partial charge in [0.1, 0.15) is 12.0 Å². The molecule has 2 heterocycles. The van der Waals surface area contributed by atoms with Crippen molar-refractivity contribution in [2.45, 2.75) is 70.6 Å². The van der Waals surface area contributed by atoms with E-state index in [0.717, 1.165) is 17.8 Å². The minimum absolute atomic E-state index is 0.0485. The van der Waals surface area contributed by atoms with Crippen molar-refractivity contribution in [3.63, 3.8) is 0 Å². The van der Waals surface area contributed by atoms with Crippen molar-refractivity contribution in [1.29, 1.82) is 0 Å². The van der Waals surface area contributed by atoms with Gasteiger partial charge in [0.25, 0.3) is 0 Å². The third kappa shape index (κ3) is 4.54. The summed E-state index contributed by atoms with van der Waals surface area (Å²) in [5.41, 5.74) is 1.73. The highest BCUT2D eigenvalue weighted by Crippen LogP contribution is 2.23. The van der Waals surface area contributed by atoms with Gasteiger partial charge in [0.2, 0.25) is 15.0 Å². The van der Waals surface area contributed by atoms with Crippen LogP contribution in [0.15, 0.2) is 28.2 Å². The van der Waals surface area contributed by atoms with Crippen molar-refractivity contribution >= 4 is 9.84 Å². The molecule has 0 amide bonds. The molecule has 0 aromatic carbocycles. The van der Waals surface area contributed by atoms with Crippen LogP contribution in [-0.2, 0) is 22.9 Å². The summed E-state index contributed by atoms with van der Waals surface area (Å²) in [7, 11) is -1.45. The summed E-state index contributed by atoms with van der Waals surface area (Å²) in [5, 5.41) is 3.67. The fourth-order valence-electron chi connectivity index (χ4n) is 2.64. The summed E-state index contributed by atoms with van der Waals surface area (Å²) in [6.45, 7) is 10.9. The maximum atomic E-state index is 12.7. The number of aromatic nitrogens is 3. The van der Waals surface area contributed by atoms with Gasteiger partial charge in [0.15, 0.2) is 0 Å². The number of nitrogens with zero attached hydrogens (tertiary/aromatic N) is 4. The van der Waals surface area contributed by atoms with Crippen molar-refractivity contribution in [2.24, 2.45) is 5.92 Å². The molecule has 1 atom stereocenters. The molecule has 0 spiro atoms. The van der Waals surface area contributed by atoms with Crippen molar-refractivity contribution in [3.8, 4) is 0 Å². The smallest absolute Gasteiger partial charge is 0.228 e. The number of rotatable bonds is 9. The van der Waals surface area contributed by atoms with E-state index in [9.17, 15) is 8.42 Å². The van der Waals surface area contributed by atoms with Gasteiger partial charge in [0, 0.05) is 19.2 Å². The first-order valence-corrected chi connectivity index (χ1v) is 10.6. The van der Waals surface area contributed by atoms with E-state index < -0.39 is 15.1 Å². The second-order valence-corrected chi connectivity index (χ2v) is 9.87. The highest BCUT2D eigenvalue weighted by atomic mass is 32.2. The largest absolute Gasteiger partial charge is 0.364 e. The summed E-state index contributed by atoms with van der Waals surface area (Å²) < 4.78 is 32.2. The van der Waals surface area contributed by atoms with E-state index in [1.54, 1.807) is 26.3 Å². The zero-order valence-corrected chi connectivity index (χ0v) is 17.3. The maximum Gasteiger partial charge on any atom is 0.228 e. The molecule has 0 aliphatic heterocycles. The molecule has 0 saturated heterocycles. The first kappa shape index (κ1) is 20.6. The van der Waals surface area contributed by atoms with Crippen molar-refractivity contribution in [3.05, 3.63) is 29.9 Å². The van der Waals surface area contributed by atoms with Crippen molar-refractivity contribution < 1.29 is 12.9 Å². The Labute approximate surface area is 156 Å². The molecule has 2 aromatic rings. The van der Waals surface area contributed by atoms with Crippen molar-refractivity contribution in [2.75, 3.05) is 7.05 Å². The monoisotopic (exact) mass is 382 g/mol. The molecule has 146 valence electrons. The van der Waals surface area contributed by atoms with Crippen LogP contribution in [0.2, 0.25) is 0 Å². The Bertz CT molecular complexity index is 795. The molecule has 0 aliphatic carbocycles. The third-order valence-corrected chi connectivity index (χ3v) is 6.74. The van der Waals surface area contributed by atoms with Gasteiger partial charge in [-0.25, -0.2) is 13.4 Å². The first-order valence-electron chi connectivity index (χ1n) is 9.03. The van der Waals surface area contributed by atoms with Crippen LogP contribution in [0.3, 0.4) is 0 Å². The highest BCUT2D eigenvalue weighted by Gasteiger charge is 2.27. The second kappa shape index (κ2) is 8.35. The Hall–Kier alpha value is -1.67. The lowest BCUT2D eigenvalue weighted by atomic mass is 10.1. The standard InChI is InChI=1S/C18H30N4O3S/c1-13(2)7-9-22-16(11-19-18(22)26(23,24)14(3)4)12-21(6)15(5)17-8-10-25-20-17/h8,10-11,13-15H,7,9,12H2,1-6H3. The SMILES string of the molecule is CC(C)CCn1c(CN(C)C(C)c2ccon2)cnc1S(=O)(=O)C(C)C. The molecule has 2 aromatic heterocycles. The lowest BCUT2D eigenvalue weighted by Gasteiger charge is -2.24. The average molecular weight is 383 g/mol. The van der Waals surface area contributed by atoms with E-state index in [-0.39, 0.29) is 11.2 Å². The number of hydrogen-bond donors (Lipinski definition) is 0. The highest BCUT2D eigenvalue weighted by molar-refractivity contribution is 7.91. The molecule has 0 fully saturated rings. The number of imidazole rings is 1. The lowest BCUT2D eigenvalue weighted by molar-refractivity contribution is 0.233. The third-order valence-electron chi connectivity index (χ3n) is 4.67. The van der Waals surface area contributed by atoms with E-state index in [4.69, 9.17) is 4.52 Å². The Balaban J connectivity index is 2.31. The van der Waals surface area contributed by atoms with E-state index >= 15 is 0 Å². The molecule has 0 aliphatic rings. The van der Waals surface area contributed by atoms with E-state index in [0.29, 0.717) is 19.0 Å². The fraction of sp³-hybridized carbons (Fsp3) is 0.667. The molecule has 0 saturated carbocycles. The van der Waals surface area contributed by atoms with Gasteiger partial charge >= 0.3 is 0 Å². The molecule has 0 N–H and O–H groups in total. The topological polar surface area (TPSA) is 81.2 Å². The average Bonchev–Trinajstić information content (AvgIpc) is 3.22. The second-order valence-electron chi connectivity index (χ2n) is 7.48. The van der Waals surface area contributed by atoms with Crippen LogP contribution in [0.1, 0.15) is 58.5 Å². The zero-order valence-electron chi connectivity index (χ0n) is 16.5. The van der Waals surface area contributed by atoms with E-state index in [1.165, 1.54) is 0 Å². The lowest BCUT2D eigenvalue weighted by Crippen LogP contribution is -2.25. The van der Waals surface area contributed by atoms with Crippen LogP contribution in [-0.4, -0.2) is 40.3 Å². The summed E-state index contributed by atoms with van der Waals surface area (Å²) in [6.07, 6.45) is 4.13. The first-order chi connectivity index (χ1) is 12.1. The van der Waals surface area contributed by atoms with Crippen LogP contribution < -0.4 is 0 Å². The Morgan fingerprint density at radius 2 is 1.92 bits per heavy atom. The predicted octanol–water partition coefficient (Wildman–Crippen LogP) is 3.29. The summed E-state index contributed by atoms with van der Waals surface area (Å²) in [4.78, 5) is 6.38. The van der Waals surface area contributed by atoms with Crippen LogP contribution in [0, 0.1) is 5.92 Å². The predicted molar refractivity (Wildman–Crippen MR) is 100 cm³/mol.